The third-order valence-corrected chi connectivity index (χ3v) is 3.37. The number of nitrogens with two attached hydrogens (primary N) is 1. The maximum absolute atomic E-state index is 11.3. The highest BCUT2D eigenvalue weighted by Gasteiger charge is 2.29. The molecule has 0 radical (unpaired) electrons. The topological polar surface area (TPSA) is 64.3 Å². The summed E-state index contributed by atoms with van der Waals surface area (Å²) in [7, 11) is 1.74. The van der Waals surface area contributed by atoms with Crippen molar-refractivity contribution < 1.29 is 9.53 Å². The molecule has 1 aliphatic carbocycles. The summed E-state index contributed by atoms with van der Waals surface area (Å²) < 4.78 is 5.45. The monoisotopic (exact) mass is 228 g/mol. The van der Waals surface area contributed by atoms with Gasteiger partial charge in [0.1, 0.15) is 0 Å². The summed E-state index contributed by atoms with van der Waals surface area (Å²) in [4.78, 5) is 11.3. The molecular formula is C12H24N2O2. The fraction of sp³-hybridized carbons (Fsp3) is 0.917. The van der Waals surface area contributed by atoms with Crippen molar-refractivity contribution in [1.82, 2.24) is 5.32 Å². The van der Waals surface area contributed by atoms with E-state index in [-0.39, 0.29) is 30.0 Å². The second kappa shape index (κ2) is 6.21. The standard InChI is InChI=1S/C12H24N2O2/c1-8(2)11(12(13)15)14-9-6-4-5-7-10(9)16-3/h8-11,14H,4-7H2,1-3H3,(H2,13,15). The molecule has 0 aromatic heterocycles. The van der Waals surface area contributed by atoms with Crippen LogP contribution < -0.4 is 11.1 Å². The largest absolute Gasteiger partial charge is 0.380 e. The van der Waals surface area contributed by atoms with Gasteiger partial charge in [0.25, 0.3) is 0 Å². The molecule has 3 unspecified atom stereocenters. The molecule has 0 spiro atoms. The first-order valence-corrected chi connectivity index (χ1v) is 6.14. The van der Waals surface area contributed by atoms with E-state index in [0.29, 0.717) is 0 Å². The van der Waals surface area contributed by atoms with Gasteiger partial charge in [-0.2, -0.15) is 0 Å². The number of amides is 1. The highest BCUT2D eigenvalue weighted by molar-refractivity contribution is 5.80. The third kappa shape index (κ3) is 3.46. The molecule has 1 aliphatic rings. The molecule has 0 bridgehead atoms. The molecule has 94 valence electrons. The molecule has 4 heteroatoms. The number of nitrogens with one attached hydrogen (secondary N) is 1. The van der Waals surface area contributed by atoms with Crippen LogP contribution in [0.3, 0.4) is 0 Å². The van der Waals surface area contributed by atoms with E-state index in [2.05, 4.69) is 5.32 Å². The van der Waals surface area contributed by atoms with Gasteiger partial charge in [-0.15, -0.1) is 0 Å². The second-order valence-corrected chi connectivity index (χ2v) is 4.96. The predicted molar refractivity (Wildman–Crippen MR) is 64.0 cm³/mol. The Balaban J connectivity index is 2.58. The van der Waals surface area contributed by atoms with Gasteiger partial charge in [0, 0.05) is 13.2 Å². The normalized spacial score (nSPS) is 28.0. The number of ether oxygens (including phenoxy) is 1. The van der Waals surface area contributed by atoms with Crippen LogP contribution in [0.2, 0.25) is 0 Å². The van der Waals surface area contributed by atoms with Crippen LogP contribution in [-0.2, 0) is 9.53 Å². The van der Waals surface area contributed by atoms with Gasteiger partial charge in [-0.05, 0) is 18.8 Å². The maximum atomic E-state index is 11.3. The van der Waals surface area contributed by atoms with Crippen molar-refractivity contribution in [2.75, 3.05) is 7.11 Å². The highest BCUT2D eigenvalue weighted by Crippen LogP contribution is 2.21. The van der Waals surface area contributed by atoms with Gasteiger partial charge in [-0.1, -0.05) is 26.7 Å². The Bertz CT molecular complexity index is 231. The number of rotatable bonds is 5. The summed E-state index contributed by atoms with van der Waals surface area (Å²) in [5.74, 6) is -0.0487. The summed E-state index contributed by atoms with van der Waals surface area (Å²) in [5.41, 5.74) is 5.40. The number of carbonyl (C=O) groups excluding carboxylic acids is 1. The first kappa shape index (κ1) is 13.5. The van der Waals surface area contributed by atoms with Gasteiger partial charge >= 0.3 is 0 Å². The Kier molecular flexibility index (Phi) is 5.22. The minimum Gasteiger partial charge on any atom is -0.380 e. The van der Waals surface area contributed by atoms with Crippen molar-refractivity contribution >= 4 is 5.91 Å². The Hall–Kier alpha value is -0.610. The lowest BCUT2D eigenvalue weighted by molar-refractivity contribution is -0.121. The van der Waals surface area contributed by atoms with Crippen molar-refractivity contribution in [3.63, 3.8) is 0 Å². The average Bonchev–Trinajstić information content (AvgIpc) is 2.25. The maximum Gasteiger partial charge on any atom is 0.234 e. The summed E-state index contributed by atoms with van der Waals surface area (Å²) in [6.07, 6.45) is 4.75. The van der Waals surface area contributed by atoms with Crippen LogP contribution in [0.4, 0.5) is 0 Å². The lowest BCUT2D eigenvalue weighted by Crippen LogP contribution is -2.54. The van der Waals surface area contributed by atoms with Crippen LogP contribution in [0.15, 0.2) is 0 Å². The van der Waals surface area contributed by atoms with Gasteiger partial charge in [0.15, 0.2) is 0 Å². The fourth-order valence-corrected chi connectivity index (χ4v) is 2.40. The molecule has 1 rings (SSSR count). The minimum absolute atomic E-state index is 0.217. The minimum atomic E-state index is -0.268. The Morgan fingerprint density at radius 3 is 2.50 bits per heavy atom. The van der Waals surface area contributed by atoms with Gasteiger partial charge in [0.2, 0.25) is 5.91 Å². The average molecular weight is 228 g/mol. The van der Waals surface area contributed by atoms with Crippen molar-refractivity contribution in [2.24, 2.45) is 11.7 Å². The molecule has 0 heterocycles. The molecule has 0 saturated heterocycles. The summed E-state index contributed by atoms with van der Waals surface area (Å²) in [5, 5.41) is 3.36. The molecule has 16 heavy (non-hydrogen) atoms. The van der Waals surface area contributed by atoms with Crippen LogP contribution in [0.5, 0.6) is 0 Å². The van der Waals surface area contributed by atoms with Gasteiger partial charge in [0.05, 0.1) is 12.1 Å². The zero-order valence-corrected chi connectivity index (χ0v) is 10.5. The smallest absolute Gasteiger partial charge is 0.234 e. The van der Waals surface area contributed by atoms with Gasteiger partial charge in [-0.25, -0.2) is 0 Å². The number of methoxy groups -OCH3 is 1. The molecule has 3 atom stereocenters. The van der Waals surface area contributed by atoms with E-state index in [1.54, 1.807) is 7.11 Å². The highest BCUT2D eigenvalue weighted by atomic mass is 16.5. The molecule has 0 aromatic carbocycles. The summed E-state index contributed by atoms with van der Waals surface area (Å²) >= 11 is 0. The first-order valence-electron chi connectivity index (χ1n) is 6.14. The number of primary amides is 1. The van der Waals surface area contributed by atoms with Gasteiger partial charge < -0.3 is 15.8 Å². The quantitative estimate of drug-likeness (QED) is 0.739. The van der Waals surface area contributed by atoms with Crippen molar-refractivity contribution in [3.8, 4) is 0 Å². The van der Waals surface area contributed by atoms with Gasteiger partial charge in [-0.3, -0.25) is 4.79 Å². The molecular weight excluding hydrogens is 204 g/mol. The molecule has 1 amide bonds. The SMILES string of the molecule is COC1CCCCC1NC(C(N)=O)C(C)C. The van der Waals surface area contributed by atoms with E-state index in [1.807, 2.05) is 13.8 Å². The molecule has 1 saturated carbocycles. The zero-order valence-electron chi connectivity index (χ0n) is 10.5. The number of hydrogen-bond donors (Lipinski definition) is 2. The molecule has 1 fully saturated rings. The van der Waals surface area contributed by atoms with Crippen LogP contribution in [0.25, 0.3) is 0 Å². The fourth-order valence-electron chi connectivity index (χ4n) is 2.40. The van der Waals surface area contributed by atoms with E-state index in [1.165, 1.54) is 12.8 Å². The number of hydrogen-bond acceptors (Lipinski definition) is 3. The Morgan fingerprint density at radius 2 is 2.00 bits per heavy atom. The van der Waals surface area contributed by atoms with Crippen molar-refractivity contribution in [3.05, 3.63) is 0 Å². The lowest BCUT2D eigenvalue weighted by atomic mass is 9.90. The molecule has 0 aliphatic heterocycles. The van der Waals surface area contributed by atoms with E-state index < -0.39 is 0 Å². The Morgan fingerprint density at radius 1 is 1.38 bits per heavy atom. The molecule has 4 nitrogen and oxygen atoms in total. The van der Waals surface area contributed by atoms with E-state index in [9.17, 15) is 4.79 Å². The van der Waals surface area contributed by atoms with Crippen molar-refractivity contribution in [2.45, 2.75) is 57.7 Å². The lowest BCUT2D eigenvalue weighted by Gasteiger charge is -2.34. The van der Waals surface area contributed by atoms with Crippen LogP contribution in [0, 0.1) is 5.92 Å². The van der Waals surface area contributed by atoms with Crippen LogP contribution in [0.1, 0.15) is 39.5 Å². The Labute approximate surface area is 97.9 Å². The predicted octanol–water partition coefficient (Wildman–Crippen LogP) is 1.04. The zero-order chi connectivity index (χ0) is 12.1. The van der Waals surface area contributed by atoms with E-state index in [0.717, 1.165) is 12.8 Å². The van der Waals surface area contributed by atoms with Crippen LogP contribution in [-0.4, -0.2) is 31.2 Å². The van der Waals surface area contributed by atoms with E-state index >= 15 is 0 Å². The first-order chi connectivity index (χ1) is 7.56. The summed E-state index contributed by atoms with van der Waals surface area (Å²) in [6, 6.07) is 0.0133. The second-order valence-electron chi connectivity index (χ2n) is 4.96. The molecule has 3 N–H and O–H groups in total. The molecule has 0 aromatic rings. The number of carbonyl (C=O) groups is 1. The summed E-state index contributed by atoms with van der Waals surface area (Å²) in [6.45, 7) is 4.01. The van der Waals surface area contributed by atoms with Crippen LogP contribution >= 0.6 is 0 Å². The van der Waals surface area contributed by atoms with Crippen molar-refractivity contribution in [1.29, 1.82) is 0 Å². The third-order valence-electron chi connectivity index (χ3n) is 3.37. The van der Waals surface area contributed by atoms with E-state index in [4.69, 9.17) is 10.5 Å².